The standard InChI is InChI=1S/C22H27F3N4O4/c1-21(2,3)33-20(31)28-11-17(29-10-9-16(27-29)19(30)26-4)18(12-28)32-13-14-5-7-15(8-6-14)22(23,24)25/h5-10,17-18H,11-13H2,1-4H3,(H,26,30). The molecule has 11 heteroatoms. The predicted octanol–water partition coefficient (Wildman–Crippen LogP) is 3.64. The molecule has 2 amide bonds. The first-order valence-corrected chi connectivity index (χ1v) is 10.4. The Morgan fingerprint density at radius 2 is 1.79 bits per heavy atom. The molecule has 2 unspecified atom stereocenters. The third kappa shape index (κ3) is 6.25. The number of amides is 2. The Bertz CT molecular complexity index is 983. The Kier molecular flexibility index (Phi) is 7.01. The molecule has 0 radical (unpaired) electrons. The normalized spacial score (nSPS) is 18.9. The van der Waals surface area contributed by atoms with Crippen molar-refractivity contribution in [2.45, 2.75) is 51.3 Å². The number of hydrogen-bond donors (Lipinski definition) is 1. The number of aromatic nitrogens is 2. The Morgan fingerprint density at radius 1 is 1.12 bits per heavy atom. The van der Waals surface area contributed by atoms with Crippen LogP contribution in [-0.4, -0.2) is 58.5 Å². The van der Waals surface area contributed by atoms with Crippen LogP contribution < -0.4 is 5.32 Å². The minimum atomic E-state index is -4.41. The number of carbonyl (C=O) groups is 2. The first-order chi connectivity index (χ1) is 15.4. The molecule has 2 atom stereocenters. The first kappa shape index (κ1) is 24.6. The molecule has 2 aromatic rings. The average Bonchev–Trinajstić information content (AvgIpc) is 3.37. The summed E-state index contributed by atoms with van der Waals surface area (Å²) in [5, 5.41) is 6.80. The maximum absolute atomic E-state index is 12.8. The van der Waals surface area contributed by atoms with E-state index in [9.17, 15) is 22.8 Å². The van der Waals surface area contributed by atoms with E-state index in [4.69, 9.17) is 9.47 Å². The highest BCUT2D eigenvalue weighted by molar-refractivity contribution is 5.91. The summed E-state index contributed by atoms with van der Waals surface area (Å²) in [4.78, 5) is 26.0. The zero-order valence-corrected chi connectivity index (χ0v) is 18.8. The monoisotopic (exact) mass is 468 g/mol. The predicted molar refractivity (Wildman–Crippen MR) is 112 cm³/mol. The van der Waals surface area contributed by atoms with E-state index >= 15 is 0 Å². The minimum absolute atomic E-state index is 0.0467. The van der Waals surface area contributed by atoms with E-state index in [1.807, 2.05) is 0 Å². The number of carbonyl (C=O) groups excluding carboxylic acids is 2. The maximum Gasteiger partial charge on any atom is 0.416 e. The molecule has 0 spiro atoms. The van der Waals surface area contributed by atoms with Crippen LogP contribution >= 0.6 is 0 Å². The van der Waals surface area contributed by atoms with Crippen LogP contribution in [0.1, 0.15) is 48.4 Å². The molecule has 0 aliphatic carbocycles. The average molecular weight is 468 g/mol. The fourth-order valence-electron chi connectivity index (χ4n) is 3.42. The molecule has 0 saturated carbocycles. The van der Waals surface area contributed by atoms with Gasteiger partial charge in [0.15, 0.2) is 0 Å². The number of nitrogens with one attached hydrogen (secondary N) is 1. The summed E-state index contributed by atoms with van der Waals surface area (Å²) in [6.07, 6.45) is -3.81. The van der Waals surface area contributed by atoms with Crippen molar-refractivity contribution in [3.05, 3.63) is 53.3 Å². The van der Waals surface area contributed by atoms with Gasteiger partial charge in [-0.25, -0.2) is 4.79 Å². The van der Waals surface area contributed by atoms with Gasteiger partial charge < -0.3 is 19.7 Å². The van der Waals surface area contributed by atoms with Gasteiger partial charge in [0.25, 0.3) is 5.91 Å². The molecular formula is C22H27F3N4O4. The van der Waals surface area contributed by atoms with E-state index < -0.39 is 35.6 Å². The van der Waals surface area contributed by atoms with Crippen molar-refractivity contribution in [2.75, 3.05) is 20.1 Å². The molecular weight excluding hydrogens is 441 g/mol. The molecule has 0 bridgehead atoms. The number of nitrogens with zero attached hydrogens (tertiary/aromatic N) is 3. The number of likely N-dealkylation sites (tertiary alicyclic amines) is 1. The molecule has 1 aromatic heterocycles. The summed E-state index contributed by atoms with van der Waals surface area (Å²) in [5.41, 5.74) is -0.637. The van der Waals surface area contributed by atoms with E-state index in [2.05, 4.69) is 10.4 Å². The number of halogens is 3. The maximum atomic E-state index is 12.8. The van der Waals surface area contributed by atoms with Crippen LogP contribution in [0.4, 0.5) is 18.0 Å². The zero-order valence-electron chi connectivity index (χ0n) is 18.8. The third-order valence-corrected chi connectivity index (χ3v) is 5.04. The molecule has 2 heterocycles. The molecule has 33 heavy (non-hydrogen) atoms. The smallest absolute Gasteiger partial charge is 0.416 e. The lowest BCUT2D eigenvalue weighted by atomic mass is 10.1. The number of alkyl halides is 3. The van der Waals surface area contributed by atoms with Gasteiger partial charge in [-0.05, 0) is 44.5 Å². The molecule has 3 rings (SSSR count). The van der Waals surface area contributed by atoms with Crippen LogP contribution in [0.15, 0.2) is 36.5 Å². The van der Waals surface area contributed by atoms with Gasteiger partial charge in [-0.3, -0.25) is 9.48 Å². The Hall–Kier alpha value is -3.08. The van der Waals surface area contributed by atoms with Crippen molar-refractivity contribution in [1.29, 1.82) is 0 Å². The molecule has 1 aromatic carbocycles. The van der Waals surface area contributed by atoms with Crippen molar-refractivity contribution in [3.8, 4) is 0 Å². The second-order valence-electron chi connectivity index (χ2n) is 8.76. The van der Waals surface area contributed by atoms with Gasteiger partial charge in [0, 0.05) is 19.8 Å². The molecule has 1 aliphatic rings. The highest BCUT2D eigenvalue weighted by Gasteiger charge is 2.39. The van der Waals surface area contributed by atoms with Gasteiger partial charge in [0.1, 0.15) is 11.3 Å². The van der Waals surface area contributed by atoms with E-state index in [-0.39, 0.29) is 31.3 Å². The van der Waals surface area contributed by atoms with E-state index in [1.54, 1.807) is 37.7 Å². The fraction of sp³-hybridized carbons (Fsp3) is 0.500. The second kappa shape index (κ2) is 9.42. The lowest BCUT2D eigenvalue weighted by Crippen LogP contribution is -2.36. The topological polar surface area (TPSA) is 85.7 Å². The highest BCUT2D eigenvalue weighted by atomic mass is 19.4. The molecule has 180 valence electrons. The molecule has 1 fully saturated rings. The van der Waals surface area contributed by atoms with Crippen molar-refractivity contribution in [3.63, 3.8) is 0 Å². The van der Waals surface area contributed by atoms with Gasteiger partial charge in [0.2, 0.25) is 0 Å². The van der Waals surface area contributed by atoms with E-state index in [1.165, 1.54) is 24.1 Å². The van der Waals surface area contributed by atoms with E-state index in [0.29, 0.717) is 5.56 Å². The highest BCUT2D eigenvalue weighted by Crippen LogP contribution is 2.30. The van der Waals surface area contributed by atoms with E-state index in [0.717, 1.165) is 12.1 Å². The van der Waals surface area contributed by atoms with Crippen LogP contribution in [0.25, 0.3) is 0 Å². The van der Waals surface area contributed by atoms with Crippen LogP contribution in [0, 0.1) is 0 Å². The summed E-state index contributed by atoms with van der Waals surface area (Å²) < 4.78 is 51.4. The SMILES string of the molecule is CNC(=O)c1ccn(C2CN(C(=O)OC(C)(C)C)CC2OCc2ccc(C(F)(F)F)cc2)n1. The summed E-state index contributed by atoms with van der Waals surface area (Å²) in [7, 11) is 1.50. The van der Waals surface area contributed by atoms with Crippen LogP contribution in [0.3, 0.4) is 0 Å². The van der Waals surface area contributed by atoms with Crippen molar-refractivity contribution >= 4 is 12.0 Å². The lowest BCUT2D eigenvalue weighted by Gasteiger charge is -2.24. The molecule has 1 aliphatic heterocycles. The number of benzene rings is 1. The second-order valence-corrected chi connectivity index (χ2v) is 8.76. The van der Waals surface area contributed by atoms with Crippen molar-refractivity contribution in [2.24, 2.45) is 0 Å². The summed E-state index contributed by atoms with van der Waals surface area (Å²) in [5.74, 6) is -0.349. The fourth-order valence-corrected chi connectivity index (χ4v) is 3.42. The molecule has 8 nitrogen and oxygen atoms in total. The number of hydrogen-bond acceptors (Lipinski definition) is 5. The van der Waals surface area contributed by atoms with Crippen LogP contribution in [-0.2, 0) is 22.3 Å². The lowest BCUT2D eigenvalue weighted by molar-refractivity contribution is -0.137. The first-order valence-electron chi connectivity index (χ1n) is 10.4. The Morgan fingerprint density at radius 3 is 2.36 bits per heavy atom. The van der Waals surface area contributed by atoms with Gasteiger partial charge in [-0.15, -0.1) is 0 Å². The molecule has 1 saturated heterocycles. The van der Waals surface area contributed by atoms with Gasteiger partial charge in [-0.1, -0.05) is 12.1 Å². The summed E-state index contributed by atoms with van der Waals surface area (Å²) in [6.45, 7) is 5.78. The van der Waals surface area contributed by atoms with Gasteiger partial charge in [0.05, 0.1) is 30.9 Å². The third-order valence-electron chi connectivity index (χ3n) is 5.04. The number of rotatable bonds is 5. The Labute approximate surface area is 189 Å². The van der Waals surface area contributed by atoms with Crippen molar-refractivity contribution < 1.29 is 32.2 Å². The quantitative estimate of drug-likeness (QED) is 0.724. The van der Waals surface area contributed by atoms with Crippen LogP contribution in [0.2, 0.25) is 0 Å². The van der Waals surface area contributed by atoms with Gasteiger partial charge in [-0.2, -0.15) is 18.3 Å². The largest absolute Gasteiger partial charge is 0.444 e. The number of ether oxygens (including phenoxy) is 2. The molecule has 1 N–H and O–H groups in total. The van der Waals surface area contributed by atoms with Crippen molar-refractivity contribution in [1.82, 2.24) is 20.0 Å². The minimum Gasteiger partial charge on any atom is -0.444 e. The van der Waals surface area contributed by atoms with Gasteiger partial charge >= 0.3 is 12.3 Å². The zero-order chi connectivity index (χ0) is 24.4. The van der Waals surface area contributed by atoms with Crippen LogP contribution in [0.5, 0.6) is 0 Å². The Balaban J connectivity index is 1.76. The summed E-state index contributed by atoms with van der Waals surface area (Å²) >= 11 is 0. The summed E-state index contributed by atoms with van der Waals surface area (Å²) in [6, 6.07) is 5.86.